The Morgan fingerprint density at radius 2 is 2.27 bits per heavy atom. The third-order valence-corrected chi connectivity index (χ3v) is 2.01. The van der Waals surface area contributed by atoms with E-state index in [2.05, 4.69) is 15.9 Å². The molecule has 1 heterocycles. The summed E-state index contributed by atoms with van der Waals surface area (Å²) in [5.74, 6) is 0. The fraction of sp³-hybridized carbons (Fsp3) is 0.500. The Bertz CT molecular complexity index is 183. The number of hydrogen-bond donors (Lipinski definition) is 1. The molecule has 0 aromatic rings. The van der Waals surface area contributed by atoms with E-state index in [1.165, 1.54) is 0 Å². The second-order valence-corrected chi connectivity index (χ2v) is 3.28. The highest BCUT2D eigenvalue weighted by Gasteiger charge is 2.45. The van der Waals surface area contributed by atoms with Crippen molar-refractivity contribution in [1.29, 1.82) is 0 Å². The minimum absolute atomic E-state index is 0.323. The number of ether oxygens (including phenoxy) is 1. The second-order valence-electron chi connectivity index (χ2n) is 2.75. The van der Waals surface area contributed by atoms with Gasteiger partial charge >= 0.3 is 0 Å². The lowest BCUT2D eigenvalue weighted by Crippen LogP contribution is -2.23. The highest BCUT2D eigenvalue weighted by atomic mass is 79.9. The molecule has 0 radical (unpaired) electrons. The molecule has 62 valence electrons. The van der Waals surface area contributed by atoms with E-state index < -0.39 is 6.10 Å². The van der Waals surface area contributed by atoms with Crippen LogP contribution >= 0.6 is 15.9 Å². The van der Waals surface area contributed by atoms with Crippen LogP contribution in [0.5, 0.6) is 0 Å². The van der Waals surface area contributed by atoms with Crippen molar-refractivity contribution in [3.05, 3.63) is 23.2 Å². The van der Waals surface area contributed by atoms with Gasteiger partial charge in [-0.15, -0.1) is 0 Å². The van der Waals surface area contributed by atoms with Gasteiger partial charge in [-0.05, 0) is 11.9 Å². The summed E-state index contributed by atoms with van der Waals surface area (Å²) >= 11 is 3.12. The van der Waals surface area contributed by atoms with E-state index in [0.717, 1.165) is 0 Å². The molecule has 0 aromatic heterocycles. The molecule has 1 rings (SSSR count). The first-order chi connectivity index (χ1) is 5.19. The van der Waals surface area contributed by atoms with Crippen LogP contribution in [-0.4, -0.2) is 23.4 Å². The van der Waals surface area contributed by atoms with E-state index >= 15 is 0 Å². The number of allylic oxidation sites excluding steroid dienone is 2. The molecule has 3 heteroatoms. The number of rotatable bonds is 3. The Balaban J connectivity index is 2.36. The molecular formula is C8H11BrO2. The van der Waals surface area contributed by atoms with Crippen LogP contribution in [-0.2, 0) is 4.74 Å². The minimum Gasteiger partial charge on any atom is -0.386 e. The van der Waals surface area contributed by atoms with Crippen molar-refractivity contribution in [2.75, 3.05) is 6.61 Å². The minimum atomic E-state index is -0.494. The van der Waals surface area contributed by atoms with Gasteiger partial charge in [0.25, 0.3) is 0 Å². The first-order valence-corrected chi connectivity index (χ1v) is 4.36. The molecular weight excluding hydrogens is 208 g/mol. The molecule has 1 unspecified atom stereocenters. The van der Waals surface area contributed by atoms with Crippen LogP contribution in [0.1, 0.15) is 6.92 Å². The van der Waals surface area contributed by atoms with Gasteiger partial charge in [-0.2, -0.15) is 0 Å². The molecule has 2 atom stereocenters. The molecule has 0 aliphatic carbocycles. The van der Waals surface area contributed by atoms with E-state index in [1.54, 1.807) is 23.2 Å². The third-order valence-electron chi connectivity index (χ3n) is 1.70. The quantitative estimate of drug-likeness (QED) is 0.577. The molecule has 0 amide bonds. The summed E-state index contributed by atoms with van der Waals surface area (Å²) in [6.07, 6.45) is 4.80. The molecule has 1 aliphatic heterocycles. The molecule has 1 saturated heterocycles. The fourth-order valence-corrected chi connectivity index (χ4v) is 0.876. The summed E-state index contributed by atoms with van der Waals surface area (Å²) in [7, 11) is 0. The summed E-state index contributed by atoms with van der Waals surface area (Å²) in [6.45, 7) is 2.54. The predicted molar refractivity (Wildman–Crippen MR) is 47.6 cm³/mol. The normalized spacial score (nSPS) is 33.4. The average Bonchev–Trinajstić information content (AvgIpc) is 2.70. The van der Waals surface area contributed by atoms with Crippen LogP contribution in [0.3, 0.4) is 0 Å². The number of halogens is 1. The fourth-order valence-electron chi connectivity index (χ4n) is 0.700. The largest absolute Gasteiger partial charge is 0.386 e. The average molecular weight is 219 g/mol. The zero-order chi connectivity index (χ0) is 8.32. The molecule has 1 N–H and O–H groups in total. The van der Waals surface area contributed by atoms with Crippen LogP contribution in [0, 0.1) is 0 Å². The smallest absolute Gasteiger partial charge is 0.118 e. The van der Waals surface area contributed by atoms with Gasteiger partial charge in [-0.25, -0.2) is 0 Å². The van der Waals surface area contributed by atoms with Crippen molar-refractivity contribution in [3.63, 3.8) is 0 Å². The van der Waals surface area contributed by atoms with Gasteiger partial charge in [0.15, 0.2) is 0 Å². The van der Waals surface area contributed by atoms with Crippen molar-refractivity contribution >= 4 is 15.9 Å². The van der Waals surface area contributed by atoms with Gasteiger partial charge in [0.1, 0.15) is 11.7 Å². The molecule has 0 saturated carbocycles. The van der Waals surface area contributed by atoms with Gasteiger partial charge in [0, 0.05) is 0 Å². The molecule has 1 aliphatic rings. The molecule has 11 heavy (non-hydrogen) atoms. The standard InChI is InChI=1S/C8H11BrO2/c1-8(6-11-8)7(10)4-2-3-5-9/h2-5,7,10H,6H2,1H3/b4-2+,5-3-/t7?,8-/m0/s1. The van der Waals surface area contributed by atoms with Gasteiger partial charge in [-0.3, -0.25) is 0 Å². The van der Waals surface area contributed by atoms with Crippen LogP contribution in [0.15, 0.2) is 23.2 Å². The van der Waals surface area contributed by atoms with E-state index in [0.29, 0.717) is 6.61 Å². The lowest BCUT2D eigenvalue weighted by Gasteiger charge is -2.07. The van der Waals surface area contributed by atoms with Crippen molar-refractivity contribution in [2.45, 2.75) is 18.6 Å². The molecule has 0 bridgehead atoms. The highest BCUT2D eigenvalue weighted by molar-refractivity contribution is 9.11. The number of aliphatic hydroxyl groups is 1. The van der Waals surface area contributed by atoms with Gasteiger partial charge < -0.3 is 9.84 Å². The van der Waals surface area contributed by atoms with Gasteiger partial charge in [0.05, 0.1) is 6.61 Å². The maximum atomic E-state index is 9.41. The molecule has 0 aromatic carbocycles. The summed E-state index contributed by atoms with van der Waals surface area (Å²) in [5, 5.41) is 9.41. The Hall–Kier alpha value is -0.120. The van der Waals surface area contributed by atoms with Gasteiger partial charge in [-0.1, -0.05) is 34.2 Å². The first-order valence-electron chi connectivity index (χ1n) is 3.44. The zero-order valence-electron chi connectivity index (χ0n) is 6.33. The maximum Gasteiger partial charge on any atom is 0.118 e. The molecule has 1 fully saturated rings. The van der Waals surface area contributed by atoms with E-state index in [9.17, 15) is 5.11 Å². The second kappa shape index (κ2) is 3.52. The summed E-state index contributed by atoms with van der Waals surface area (Å²) in [5.41, 5.74) is -0.323. The topological polar surface area (TPSA) is 32.8 Å². The lowest BCUT2D eigenvalue weighted by molar-refractivity contribution is 0.123. The van der Waals surface area contributed by atoms with Crippen molar-refractivity contribution in [1.82, 2.24) is 0 Å². The monoisotopic (exact) mass is 218 g/mol. The summed E-state index contributed by atoms with van der Waals surface area (Å²) in [6, 6.07) is 0. The Morgan fingerprint density at radius 1 is 1.64 bits per heavy atom. The van der Waals surface area contributed by atoms with Crippen LogP contribution in [0.2, 0.25) is 0 Å². The van der Waals surface area contributed by atoms with Crippen molar-refractivity contribution < 1.29 is 9.84 Å². The number of aliphatic hydroxyl groups excluding tert-OH is 1. The van der Waals surface area contributed by atoms with E-state index in [4.69, 9.17) is 4.74 Å². The Kier molecular flexibility index (Phi) is 2.87. The van der Waals surface area contributed by atoms with Crippen LogP contribution in [0.4, 0.5) is 0 Å². The van der Waals surface area contributed by atoms with Crippen molar-refractivity contribution in [2.24, 2.45) is 0 Å². The zero-order valence-corrected chi connectivity index (χ0v) is 7.91. The van der Waals surface area contributed by atoms with Crippen LogP contribution < -0.4 is 0 Å². The molecule has 0 spiro atoms. The predicted octanol–water partition coefficient (Wildman–Crippen LogP) is 1.60. The Labute approximate surface area is 74.7 Å². The van der Waals surface area contributed by atoms with E-state index in [1.807, 2.05) is 6.92 Å². The highest BCUT2D eigenvalue weighted by Crippen LogP contribution is 2.30. The first kappa shape index (κ1) is 8.97. The van der Waals surface area contributed by atoms with Gasteiger partial charge in [0.2, 0.25) is 0 Å². The third kappa shape index (κ3) is 2.43. The molecule has 2 nitrogen and oxygen atoms in total. The lowest BCUT2D eigenvalue weighted by atomic mass is 10.1. The van der Waals surface area contributed by atoms with E-state index in [-0.39, 0.29) is 5.60 Å². The summed E-state index contributed by atoms with van der Waals surface area (Å²) < 4.78 is 5.05. The van der Waals surface area contributed by atoms with Crippen LogP contribution in [0.25, 0.3) is 0 Å². The van der Waals surface area contributed by atoms with Crippen molar-refractivity contribution in [3.8, 4) is 0 Å². The SMILES string of the molecule is C[C@@]1(C(O)/C=C/C=C\Br)CO1. The number of hydrogen-bond acceptors (Lipinski definition) is 2. The number of epoxide rings is 1. The summed E-state index contributed by atoms with van der Waals surface area (Å²) in [4.78, 5) is 1.73. The maximum absolute atomic E-state index is 9.41. The Morgan fingerprint density at radius 3 is 2.73 bits per heavy atom.